The second-order valence-electron chi connectivity index (χ2n) is 4.38. The van der Waals surface area contributed by atoms with Crippen LogP contribution in [0.2, 0.25) is 0 Å². The molecule has 0 radical (unpaired) electrons. The van der Waals surface area contributed by atoms with Gasteiger partial charge in [-0.3, -0.25) is 4.68 Å². The van der Waals surface area contributed by atoms with Crippen molar-refractivity contribution in [3.8, 4) is 0 Å². The molecule has 2 aromatic rings. The molecule has 0 bridgehead atoms. The molecule has 7 heteroatoms. The lowest BCUT2D eigenvalue weighted by Gasteiger charge is -2.13. The van der Waals surface area contributed by atoms with Gasteiger partial charge in [0.25, 0.3) is 5.76 Å². The predicted octanol–water partition coefficient (Wildman–Crippen LogP) is 2.98. The van der Waals surface area contributed by atoms with Crippen molar-refractivity contribution in [2.75, 3.05) is 0 Å². The van der Waals surface area contributed by atoms with Gasteiger partial charge in [-0.2, -0.15) is 13.9 Å². The standard InChI is InChI=1S/C13H16F2N4S/c1-9(16-7-12-17-8-19(2)18-12)10-3-5-11(6-4-10)20-13(14)15/h3-6,8-9,13,16H,7H2,1-2H3. The van der Waals surface area contributed by atoms with Crippen molar-refractivity contribution >= 4 is 11.8 Å². The van der Waals surface area contributed by atoms with E-state index in [9.17, 15) is 8.78 Å². The Labute approximate surface area is 120 Å². The molecule has 1 unspecified atom stereocenters. The topological polar surface area (TPSA) is 42.7 Å². The van der Waals surface area contributed by atoms with Crippen molar-refractivity contribution in [1.82, 2.24) is 20.1 Å². The predicted molar refractivity (Wildman–Crippen MR) is 74.6 cm³/mol. The maximum Gasteiger partial charge on any atom is 0.288 e. The number of thioether (sulfide) groups is 1. The zero-order valence-corrected chi connectivity index (χ0v) is 12.1. The summed E-state index contributed by atoms with van der Waals surface area (Å²) < 4.78 is 26.1. The lowest BCUT2D eigenvalue weighted by atomic mass is 10.1. The van der Waals surface area contributed by atoms with Gasteiger partial charge in [-0.15, -0.1) is 0 Å². The second-order valence-corrected chi connectivity index (χ2v) is 5.45. The van der Waals surface area contributed by atoms with Gasteiger partial charge in [-0.1, -0.05) is 23.9 Å². The Morgan fingerprint density at radius 3 is 2.55 bits per heavy atom. The van der Waals surface area contributed by atoms with E-state index in [1.165, 1.54) is 0 Å². The minimum absolute atomic E-state index is 0.101. The lowest BCUT2D eigenvalue weighted by molar-refractivity contribution is 0.252. The number of alkyl halides is 2. The fraction of sp³-hybridized carbons (Fsp3) is 0.385. The number of hydrogen-bond acceptors (Lipinski definition) is 4. The van der Waals surface area contributed by atoms with Gasteiger partial charge in [-0.25, -0.2) is 4.98 Å². The quantitative estimate of drug-likeness (QED) is 0.833. The van der Waals surface area contributed by atoms with Crippen LogP contribution in [0.3, 0.4) is 0 Å². The van der Waals surface area contributed by atoms with Crippen molar-refractivity contribution in [3.63, 3.8) is 0 Å². The van der Waals surface area contributed by atoms with Crippen LogP contribution in [-0.2, 0) is 13.6 Å². The molecule has 2 rings (SSSR count). The Hall–Kier alpha value is -1.47. The molecule has 20 heavy (non-hydrogen) atoms. The van der Waals surface area contributed by atoms with Crippen LogP contribution in [0.15, 0.2) is 35.5 Å². The van der Waals surface area contributed by atoms with Crippen LogP contribution < -0.4 is 5.32 Å². The first-order valence-corrected chi connectivity index (χ1v) is 7.05. The average Bonchev–Trinajstić information content (AvgIpc) is 2.82. The van der Waals surface area contributed by atoms with Crippen LogP contribution in [0, 0.1) is 0 Å². The Balaban J connectivity index is 1.90. The van der Waals surface area contributed by atoms with Crippen molar-refractivity contribution in [2.45, 2.75) is 30.2 Å². The summed E-state index contributed by atoms with van der Waals surface area (Å²) in [6, 6.07) is 7.24. The van der Waals surface area contributed by atoms with Crippen LogP contribution in [0.25, 0.3) is 0 Å². The van der Waals surface area contributed by atoms with E-state index in [4.69, 9.17) is 0 Å². The molecular weight excluding hydrogens is 282 g/mol. The third-order valence-corrected chi connectivity index (χ3v) is 3.54. The second kappa shape index (κ2) is 6.81. The summed E-state index contributed by atoms with van der Waals surface area (Å²) >= 11 is 0.555. The van der Waals surface area contributed by atoms with E-state index >= 15 is 0 Å². The normalized spacial score (nSPS) is 12.8. The number of nitrogens with one attached hydrogen (secondary N) is 1. The van der Waals surface area contributed by atoms with Crippen LogP contribution in [0.4, 0.5) is 8.78 Å². The molecule has 0 saturated carbocycles. The third-order valence-electron chi connectivity index (χ3n) is 2.82. The third kappa shape index (κ3) is 4.28. The summed E-state index contributed by atoms with van der Waals surface area (Å²) in [6.45, 7) is 2.58. The molecule has 1 aromatic carbocycles. The van der Waals surface area contributed by atoms with Gasteiger partial charge >= 0.3 is 0 Å². The van der Waals surface area contributed by atoms with E-state index in [0.29, 0.717) is 23.2 Å². The minimum atomic E-state index is -2.38. The number of halogens is 2. The zero-order chi connectivity index (χ0) is 14.5. The highest BCUT2D eigenvalue weighted by atomic mass is 32.2. The van der Waals surface area contributed by atoms with Crippen LogP contribution in [0.1, 0.15) is 24.4 Å². The number of aromatic nitrogens is 3. The summed E-state index contributed by atoms with van der Waals surface area (Å²) in [4.78, 5) is 4.70. The molecule has 1 atom stereocenters. The summed E-state index contributed by atoms with van der Waals surface area (Å²) in [7, 11) is 1.82. The molecule has 108 valence electrons. The summed E-state index contributed by atoms with van der Waals surface area (Å²) in [5.41, 5.74) is 1.04. The molecule has 0 saturated heterocycles. The van der Waals surface area contributed by atoms with Gasteiger partial charge in [0, 0.05) is 18.0 Å². The van der Waals surface area contributed by atoms with E-state index in [2.05, 4.69) is 15.4 Å². The summed E-state index contributed by atoms with van der Waals surface area (Å²) in [5, 5.41) is 7.47. The van der Waals surface area contributed by atoms with Gasteiger partial charge in [-0.05, 0) is 24.6 Å². The first-order chi connectivity index (χ1) is 9.54. The van der Waals surface area contributed by atoms with Crippen LogP contribution in [-0.4, -0.2) is 20.5 Å². The Morgan fingerprint density at radius 1 is 1.30 bits per heavy atom. The fourth-order valence-electron chi connectivity index (χ4n) is 1.77. The largest absolute Gasteiger partial charge is 0.303 e. The van der Waals surface area contributed by atoms with E-state index in [0.717, 1.165) is 11.4 Å². The first-order valence-electron chi connectivity index (χ1n) is 6.17. The molecule has 1 N–H and O–H groups in total. The highest BCUT2D eigenvalue weighted by molar-refractivity contribution is 7.99. The number of benzene rings is 1. The zero-order valence-electron chi connectivity index (χ0n) is 11.3. The highest BCUT2D eigenvalue weighted by Crippen LogP contribution is 2.26. The number of aryl methyl sites for hydroxylation is 1. The van der Waals surface area contributed by atoms with E-state index < -0.39 is 5.76 Å². The number of nitrogens with zero attached hydrogens (tertiary/aromatic N) is 3. The van der Waals surface area contributed by atoms with Crippen molar-refractivity contribution in [2.24, 2.45) is 7.05 Å². The number of rotatable bonds is 6. The van der Waals surface area contributed by atoms with Gasteiger partial charge in [0.15, 0.2) is 5.82 Å². The molecule has 0 spiro atoms. The lowest BCUT2D eigenvalue weighted by Crippen LogP contribution is -2.19. The number of hydrogen-bond donors (Lipinski definition) is 1. The van der Waals surface area contributed by atoms with Crippen molar-refractivity contribution in [1.29, 1.82) is 0 Å². The summed E-state index contributed by atoms with van der Waals surface area (Å²) in [6.07, 6.45) is 1.65. The van der Waals surface area contributed by atoms with E-state index in [1.807, 2.05) is 26.1 Å². The Kier molecular flexibility index (Phi) is 5.08. The van der Waals surface area contributed by atoms with Gasteiger partial charge in [0.05, 0.1) is 6.54 Å². The summed E-state index contributed by atoms with van der Waals surface area (Å²) in [5.74, 6) is -1.66. The fourth-order valence-corrected chi connectivity index (χ4v) is 2.26. The van der Waals surface area contributed by atoms with Crippen molar-refractivity contribution < 1.29 is 8.78 Å². The minimum Gasteiger partial charge on any atom is -0.303 e. The van der Waals surface area contributed by atoms with Crippen LogP contribution in [0.5, 0.6) is 0 Å². The van der Waals surface area contributed by atoms with Crippen molar-refractivity contribution in [3.05, 3.63) is 42.0 Å². The van der Waals surface area contributed by atoms with E-state index in [1.54, 1.807) is 23.1 Å². The van der Waals surface area contributed by atoms with Gasteiger partial charge in [0.1, 0.15) is 6.33 Å². The Morgan fingerprint density at radius 2 is 2.00 bits per heavy atom. The highest BCUT2D eigenvalue weighted by Gasteiger charge is 2.08. The monoisotopic (exact) mass is 298 g/mol. The molecule has 0 aliphatic rings. The van der Waals surface area contributed by atoms with Gasteiger partial charge < -0.3 is 5.32 Å². The molecule has 0 aliphatic heterocycles. The maximum atomic E-state index is 12.2. The molecule has 1 heterocycles. The maximum absolute atomic E-state index is 12.2. The first kappa shape index (κ1) is 14.9. The SMILES string of the molecule is CC(NCc1ncn(C)n1)c1ccc(SC(F)F)cc1. The smallest absolute Gasteiger partial charge is 0.288 e. The van der Waals surface area contributed by atoms with Gasteiger partial charge in [0.2, 0.25) is 0 Å². The molecule has 0 amide bonds. The van der Waals surface area contributed by atoms with E-state index in [-0.39, 0.29) is 6.04 Å². The Bertz CT molecular complexity index is 542. The van der Waals surface area contributed by atoms with Crippen LogP contribution >= 0.6 is 11.8 Å². The molecule has 4 nitrogen and oxygen atoms in total. The molecule has 0 fully saturated rings. The molecule has 1 aromatic heterocycles. The average molecular weight is 298 g/mol. The molecule has 0 aliphatic carbocycles. The molecular formula is C13H16F2N4S.